The van der Waals surface area contributed by atoms with Crippen molar-refractivity contribution in [2.24, 2.45) is 0 Å². The third kappa shape index (κ3) is 5.18. The highest BCUT2D eigenvalue weighted by Crippen LogP contribution is 2.45. The number of amides is 1. The Kier molecular flexibility index (Phi) is 7.83. The second-order valence-corrected chi connectivity index (χ2v) is 9.14. The number of nitrogens with one attached hydrogen (secondary N) is 1. The number of rotatable bonds is 7. The molecule has 36 heavy (non-hydrogen) atoms. The Hall–Kier alpha value is -3.53. The SMILES string of the molecule is COc1cc(C(=O)Oc2ccc3cc(C(=O)NC4CCCCC4)c(=O)oc3c2)c(Br)c(OC)c1OC. The van der Waals surface area contributed by atoms with E-state index in [-0.39, 0.29) is 40.0 Å². The maximum atomic E-state index is 13.0. The Balaban J connectivity index is 1.58. The van der Waals surface area contributed by atoms with E-state index in [0.29, 0.717) is 15.6 Å². The van der Waals surface area contributed by atoms with Crippen LogP contribution in [0.5, 0.6) is 23.0 Å². The normalized spacial score (nSPS) is 13.8. The minimum absolute atomic E-state index is 0.0563. The van der Waals surface area contributed by atoms with Crippen molar-refractivity contribution in [2.75, 3.05) is 21.3 Å². The van der Waals surface area contributed by atoms with Crippen molar-refractivity contribution < 1.29 is 33.0 Å². The highest BCUT2D eigenvalue weighted by molar-refractivity contribution is 9.10. The minimum atomic E-state index is -0.758. The summed E-state index contributed by atoms with van der Waals surface area (Å²) in [7, 11) is 4.33. The van der Waals surface area contributed by atoms with Crippen molar-refractivity contribution in [3.63, 3.8) is 0 Å². The first-order valence-corrected chi connectivity index (χ1v) is 12.2. The number of carbonyl (C=O) groups is 2. The van der Waals surface area contributed by atoms with Gasteiger partial charge >= 0.3 is 11.6 Å². The molecular weight excluding hydrogens is 534 g/mol. The van der Waals surface area contributed by atoms with Crippen LogP contribution in [0.1, 0.15) is 52.8 Å². The number of benzene rings is 2. The lowest BCUT2D eigenvalue weighted by molar-refractivity contribution is 0.0732. The Morgan fingerprint density at radius 1 is 0.944 bits per heavy atom. The van der Waals surface area contributed by atoms with E-state index in [2.05, 4.69) is 21.2 Å². The standard InChI is InChI=1S/C26H26BrNO8/c1-32-20-13-17(21(27)23(34-3)22(20)33-2)25(30)35-16-10-9-14-11-18(26(31)36-19(14)12-16)24(29)28-15-7-5-4-6-8-15/h9-13,15H,4-8H2,1-3H3,(H,28,29). The van der Waals surface area contributed by atoms with Gasteiger partial charge in [-0.15, -0.1) is 0 Å². The molecule has 4 rings (SSSR count). The summed E-state index contributed by atoms with van der Waals surface area (Å²) in [6, 6.07) is 7.60. The van der Waals surface area contributed by atoms with E-state index in [4.69, 9.17) is 23.4 Å². The monoisotopic (exact) mass is 559 g/mol. The van der Waals surface area contributed by atoms with Crippen LogP contribution >= 0.6 is 15.9 Å². The Morgan fingerprint density at radius 3 is 2.33 bits per heavy atom. The van der Waals surface area contributed by atoms with E-state index in [1.54, 1.807) is 12.1 Å². The van der Waals surface area contributed by atoms with Crippen LogP contribution in [0.3, 0.4) is 0 Å². The predicted octanol–water partition coefficient (Wildman–Crippen LogP) is 4.86. The summed E-state index contributed by atoms with van der Waals surface area (Å²) in [6.07, 6.45) is 5.09. The lowest BCUT2D eigenvalue weighted by Crippen LogP contribution is -2.38. The number of ether oxygens (including phenoxy) is 4. The van der Waals surface area contributed by atoms with Crippen LogP contribution in [0.2, 0.25) is 0 Å². The van der Waals surface area contributed by atoms with E-state index in [1.165, 1.54) is 39.5 Å². The number of fused-ring (bicyclic) bond motifs is 1. The molecule has 0 saturated heterocycles. The zero-order valence-corrected chi connectivity index (χ0v) is 21.7. The van der Waals surface area contributed by atoms with Crippen LogP contribution in [0.25, 0.3) is 11.0 Å². The molecule has 0 atom stereocenters. The number of hydrogen-bond acceptors (Lipinski definition) is 8. The van der Waals surface area contributed by atoms with Gasteiger partial charge in [-0.2, -0.15) is 0 Å². The van der Waals surface area contributed by atoms with Crippen molar-refractivity contribution in [2.45, 2.75) is 38.1 Å². The van der Waals surface area contributed by atoms with Crippen LogP contribution in [-0.2, 0) is 0 Å². The Morgan fingerprint density at radius 2 is 1.67 bits per heavy atom. The minimum Gasteiger partial charge on any atom is -0.493 e. The molecule has 0 bridgehead atoms. The second-order valence-electron chi connectivity index (χ2n) is 8.35. The van der Waals surface area contributed by atoms with Gasteiger partial charge in [0.2, 0.25) is 5.75 Å². The third-order valence-electron chi connectivity index (χ3n) is 6.09. The quantitative estimate of drug-likeness (QED) is 0.248. The molecule has 1 fully saturated rings. The van der Waals surface area contributed by atoms with Crippen molar-refractivity contribution in [1.82, 2.24) is 5.32 Å². The summed E-state index contributed by atoms with van der Waals surface area (Å²) in [5, 5.41) is 3.45. The molecule has 1 heterocycles. The molecule has 0 radical (unpaired) electrons. The van der Waals surface area contributed by atoms with Gasteiger partial charge in [0.25, 0.3) is 5.91 Å². The first-order chi connectivity index (χ1) is 17.4. The van der Waals surface area contributed by atoms with Gasteiger partial charge in [0.1, 0.15) is 16.9 Å². The molecule has 3 aromatic rings. The number of carbonyl (C=O) groups excluding carboxylic acids is 2. The van der Waals surface area contributed by atoms with E-state index < -0.39 is 17.5 Å². The van der Waals surface area contributed by atoms with Gasteiger partial charge in [-0.1, -0.05) is 19.3 Å². The van der Waals surface area contributed by atoms with Crippen molar-refractivity contribution in [1.29, 1.82) is 0 Å². The molecule has 1 aliphatic rings. The second kappa shape index (κ2) is 11.0. The van der Waals surface area contributed by atoms with Crippen LogP contribution in [0.15, 0.2) is 44.0 Å². The van der Waals surface area contributed by atoms with Gasteiger partial charge in [-0.3, -0.25) is 4.79 Å². The number of halogens is 1. The number of methoxy groups -OCH3 is 3. The molecule has 1 aromatic heterocycles. The average molecular weight is 560 g/mol. The van der Waals surface area contributed by atoms with Crippen molar-refractivity contribution in [3.8, 4) is 23.0 Å². The highest BCUT2D eigenvalue weighted by atomic mass is 79.9. The van der Waals surface area contributed by atoms with Crippen LogP contribution in [-0.4, -0.2) is 39.2 Å². The predicted molar refractivity (Wildman–Crippen MR) is 136 cm³/mol. The molecule has 1 saturated carbocycles. The molecule has 10 heteroatoms. The molecule has 0 unspecified atom stereocenters. The largest absolute Gasteiger partial charge is 0.493 e. The Labute approximate surface area is 215 Å². The zero-order chi connectivity index (χ0) is 25.8. The molecule has 9 nitrogen and oxygen atoms in total. The number of esters is 1. The Bertz CT molecular complexity index is 1360. The highest BCUT2D eigenvalue weighted by Gasteiger charge is 2.25. The fraction of sp³-hybridized carbons (Fsp3) is 0.346. The van der Waals surface area contributed by atoms with E-state index >= 15 is 0 Å². The first-order valence-electron chi connectivity index (χ1n) is 11.5. The van der Waals surface area contributed by atoms with Crippen LogP contribution < -0.4 is 29.9 Å². The van der Waals surface area contributed by atoms with E-state index in [9.17, 15) is 14.4 Å². The lowest BCUT2D eigenvalue weighted by atomic mass is 9.95. The zero-order valence-electron chi connectivity index (χ0n) is 20.1. The third-order valence-corrected chi connectivity index (χ3v) is 6.88. The van der Waals surface area contributed by atoms with E-state index in [1.807, 2.05) is 0 Å². The molecule has 2 aromatic carbocycles. The molecular formula is C26H26BrNO8. The maximum absolute atomic E-state index is 13.0. The topological polar surface area (TPSA) is 113 Å². The summed E-state index contributed by atoms with van der Waals surface area (Å²) in [5.74, 6) is -0.123. The summed E-state index contributed by atoms with van der Waals surface area (Å²) in [5.41, 5.74) is -0.491. The average Bonchev–Trinajstić information content (AvgIpc) is 2.88. The summed E-state index contributed by atoms with van der Waals surface area (Å²) < 4.78 is 27.2. The maximum Gasteiger partial charge on any atom is 0.349 e. The smallest absolute Gasteiger partial charge is 0.349 e. The van der Waals surface area contributed by atoms with Gasteiger partial charge in [0.05, 0.1) is 31.4 Å². The molecule has 1 amide bonds. The molecule has 190 valence electrons. The van der Waals surface area contributed by atoms with Gasteiger partial charge < -0.3 is 28.7 Å². The number of hydrogen-bond donors (Lipinski definition) is 1. The van der Waals surface area contributed by atoms with Gasteiger partial charge in [-0.25, -0.2) is 9.59 Å². The van der Waals surface area contributed by atoms with Gasteiger partial charge in [0.15, 0.2) is 11.5 Å². The van der Waals surface area contributed by atoms with Crippen LogP contribution in [0.4, 0.5) is 0 Å². The molecule has 1 aliphatic carbocycles. The van der Waals surface area contributed by atoms with Crippen molar-refractivity contribution in [3.05, 3.63) is 56.4 Å². The fourth-order valence-corrected chi connectivity index (χ4v) is 4.87. The molecule has 1 N–H and O–H groups in total. The summed E-state index contributed by atoms with van der Waals surface area (Å²) >= 11 is 3.36. The summed E-state index contributed by atoms with van der Waals surface area (Å²) in [6.45, 7) is 0. The van der Waals surface area contributed by atoms with E-state index in [0.717, 1.165) is 32.1 Å². The van der Waals surface area contributed by atoms with Crippen LogP contribution in [0, 0.1) is 0 Å². The lowest BCUT2D eigenvalue weighted by Gasteiger charge is -2.22. The van der Waals surface area contributed by atoms with Crippen molar-refractivity contribution >= 4 is 38.8 Å². The van der Waals surface area contributed by atoms with Gasteiger partial charge in [0, 0.05) is 17.5 Å². The molecule has 0 aliphatic heterocycles. The summed E-state index contributed by atoms with van der Waals surface area (Å²) in [4.78, 5) is 38.1. The first kappa shape index (κ1) is 25.6. The molecule has 0 spiro atoms. The fourth-order valence-electron chi connectivity index (χ4n) is 4.26. The van der Waals surface area contributed by atoms with Gasteiger partial charge in [-0.05, 0) is 53.0 Å².